The number of hydrogen-bond acceptors (Lipinski definition) is 3. The molecule has 0 aliphatic carbocycles. The standard InChI is InChI=1S/C14H22N4O/c1-3-4-8-18-9-5-6-12(11-18)15-14(19)13-7-10-17(2)16-13/h3,7,10,12H,1,4-6,8-9,11H2,2H3,(H,15,19). The summed E-state index contributed by atoms with van der Waals surface area (Å²) in [5.41, 5.74) is 0.491. The normalized spacial score (nSPS) is 20.2. The Bertz CT molecular complexity index is 440. The first-order valence-electron chi connectivity index (χ1n) is 6.83. The zero-order chi connectivity index (χ0) is 13.7. The third-order valence-electron chi connectivity index (χ3n) is 3.44. The molecule has 1 aromatic rings. The summed E-state index contributed by atoms with van der Waals surface area (Å²) in [6.45, 7) is 6.81. The number of aromatic nitrogens is 2. The highest BCUT2D eigenvalue weighted by molar-refractivity contribution is 5.92. The molecule has 0 aromatic carbocycles. The molecule has 19 heavy (non-hydrogen) atoms. The first-order chi connectivity index (χ1) is 9.19. The molecule has 1 aromatic heterocycles. The van der Waals surface area contributed by atoms with Crippen LogP contribution in [-0.4, -0.2) is 46.3 Å². The second-order valence-electron chi connectivity index (χ2n) is 5.07. The Morgan fingerprint density at radius 2 is 2.53 bits per heavy atom. The zero-order valence-corrected chi connectivity index (χ0v) is 11.5. The molecule has 104 valence electrons. The maximum atomic E-state index is 12.0. The molecule has 2 heterocycles. The van der Waals surface area contributed by atoms with Crippen LogP contribution in [0.2, 0.25) is 0 Å². The molecule has 2 rings (SSSR count). The molecule has 1 unspecified atom stereocenters. The van der Waals surface area contributed by atoms with Crippen LogP contribution in [0.1, 0.15) is 29.8 Å². The summed E-state index contributed by atoms with van der Waals surface area (Å²) in [4.78, 5) is 14.4. The van der Waals surface area contributed by atoms with E-state index in [-0.39, 0.29) is 11.9 Å². The van der Waals surface area contributed by atoms with Crippen molar-refractivity contribution in [2.24, 2.45) is 7.05 Å². The summed E-state index contributed by atoms with van der Waals surface area (Å²) in [5.74, 6) is -0.0730. The number of likely N-dealkylation sites (tertiary alicyclic amines) is 1. The van der Waals surface area contributed by atoms with Crippen molar-refractivity contribution in [2.45, 2.75) is 25.3 Å². The van der Waals surface area contributed by atoms with Crippen molar-refractivity contribution in [1.29, 1.82) is 0 Å². The number of piperidine rings is 1. The van der Waals surface area contributed by atoms with Gasteiger partial charge in [-0.1, -0.05) is 6.08 Å². The van der Waals surface area contributed by atoms with Gasteiger partial charge in [-0.25, -0.2) is 0 Å². The van der Waals surface area contributed by atoms with E-state index in [2.05, 4.69) is 21.9 Å². The third kappa shape index (κ3) is 3.92. The maximum Gasteiger partial charge on any atom is 0.272 e. The van der Waals surface area contributed by atoms with Crippen LogP contribution in [0.4, 0.5) is 0 Å². The van der Waals surface area contributed by atoms with Gasteiger partial charge in [0.2, 0.25) is 0 Å². The summed E-state index contributed by atoms with van der Waals surface area (Å²) < 4.78 is 1.65. The van der Waals surface area contributed by atoms with Crippen LogP contribution in [0.15, 0.2) is 24.9 Å². The Hall–Kier alpha value is -1.62. The fourth-order valence-corrected chi connectivity index (χ4v) is 2.45. The highest BCUT2D eigenvalue weighted by atomic mass is 16.2. The average Bonchev–Trinajstić information content (AvgIpc) is 2.83. The van der Waals surface area contributed by atoms with Crippen LogP contribution in [-0.2, 0) is 7.05 Å². The molecule has 0 saturated carbocycles. The molecule has 1 saturated heterocycles. The van der Waals surface area contributed by atoms with Crippen molar-refractivity contribution >= 4 is 5.91 Å². The van der Waals surface area contributed by atoms with Gasteiger partial charge in [0, 0.05) is 32.4 Å². The molecule has 1 atom stereocenters. The number of aryl methyl sites for hydroxylation is 1. The van der Waals surface area contributed by atoms with Crippen LogP contribution < -0.4 is 5.32 Å². The summed E-state index contributed by atoms with van der Waals surface area (Å²) in [5, 5.41) is 7.20. The molecule has 0 radical (unpaired) electrons. The molecule has 0 bridgehead atoms. The first kappa shape index (κ1) is 13.8. The lowest BCUT2D eigenvalue weighted by Gasteiger charge is -2.32. The lowest BCUT2D eigenvalue weighted by Crippen LogP contribution is -2.47. The Balaban J connectivity index is 1.84. The average molecular weight is 262 g/mol. The van der Waals surface area contributed by atoms with Gasteiger partial charge in [-0.2, -0.15) is 5.10 Å². The molecular weight excluding hydrogens is 240 g/mol. The van der Waals surface area contributed by atoms with E-state index in [4.69, 9.17) is 0 Å². The van der Waals surface area contributed by atoms with Gasteiger partial charge in [0.1, 0.15) is 5.69 Å². The predicted octanol–water partition coefficient (Wildman–Crippen LogP) is 1.19. The van der Waals surface area contributed by atoms with Crippen LogP contribution in [0, 0.1) is 0 Å². The fourth-order valence-electron chi connectivity index (χ4n) is 2.45. The van der Waals surface area contributed by atoms with Crippen molar-refractivity contribution < 1.29 is 4.79 Å². The monoisotopic (exact) mass is 262 g/mol. The number of nitrogens with one attached hydrogen (secondary N) is 1. The van der Waals surface area contributed by atoms with Gasteiger partial charge in [0.15, 0.2) is 0 Å². The van der Waals surface area contributed by atoms with Crippen molar-refractivity contribution in [2.75, 3.05) is 19.6 Å². The number of hydrogen-bond donors (Lipinski definition) is 1. The highest BCUT2D eigenvalue weighted by Gasteiger charge is 2.21. The first-order valence-corrected chi connectivity index (χ1v) is 6.83. The van der Waals surface area contributed by atoms with E-state index in [0.717, 1.165) is 38.9 Å². The Morgan fingerprint density at radius 1 is 1.68 bits per heavy atom. The second kappa shape index (κ2) is 6.52. The number of nitrogens with zero attached hydrogens (tertiary/aromatic N) is 3. The predicted molar refractivity (Wildman–Crippen MR) is 75.0 cm³/mol. The van der Waals surface area contributed by atoms with Crippen molar-refractivity contribution in [3.8, 4) is 0 Å². The maximum absolute atomic E-state index is 12.0. The number of carbonyl (C=O) groups excluding carboxylic acids is 1. The molecule has 1 aliphatic heterocycles. The lowest BCUT2D eigenvalue weighted by atomic mass is 10.1. The van der Waals surface area contributed by atoms with Crippen LogP contribution in [0.3, 0.4) is 0 Å². The number of amides is 1. The second-order valence-corrected chi connectivity index (χ2v) is 5.07. The van der Waals surface area contributed by atoms with E-state index in [1.165, 1.54) is 0 Å². The lowest BCUT2D eigenvalue weighted by molar-refractivity contribution is 0.0898. The largest absolute Gasteiger partial charge is 0.347 e. The molecule has 0 spiro atoms. The Labute approximate surface area is 114 Å². The van der Waals surface area contributed by atoms with E-state index in [1.54, 1.807) is 16.9 Å². The smallest absolute Gasteiger partial charge is 0.272 e. The van der Waals surface area contributed by atoms with Gasteiger partial charge < -0.3 is 10.2 Å². The summed E-state index contributed by atoms with van der Waals surface area (Å²) in [6.07, 6.45) is 6.90. The van der Waals surface area contributed by atoms with Crippen molar-refractivity contribution in [3.63, 3.8) is 0 Å². The Morgan fingerprint density at radius 3 is 3.21 bits per heavy atom. The van der Waals surface area contributed by atoms with Gasteiger partial charge in [0.05, 0.1) is 0 Å². The molecule has 5 nitrogen and oxygen atoms in total. The van der Waals surface area contributed by atoms with Gasteiger partial charge in [-0.15, -0.1) is 6.58 Å². The van der Waals surface area contributed by atoms with Gasteiger partial charge >= 0.3 is 0 Å². The highest BCUT2D eigenvalue weighted by Crippen LogP contribution is 2.11. The van der Waals surface area contributed by atoms with Gasteiger partial charge in [0.25, 0.3) is 5.91 Å². The minimum absolute atomic E-state index is 0.0730. The summed E-state index contributed by atoms with van der Waals surface area (Å²) >= 11 is 0. The molecular formula is C14H22N4O. The van der Waals surface area contributed by atoms with E-state index in [9.17, 15) is 4.79 Å². The number of carbonyl (C=O) groups is 1. The summed E-state index contributed by atoms with van der Waals surface area (Å²) in [6, 6.07) is 1.97. The minimum Gasteiger partial charge on any atom is -0.347 e. The SMILES string of the molecule is C=CCCN1CCCC(NC(=O)c2ccn(C)n2)C1. The van der Waals surface area contributed by atoms with Gasteiger partial charge in [-0.05, 0) is 31.9 Å². The van der Waals surface area contributed by atoms with Crippen LogP contribution in [0.25, 0.3) is 0 Å². The molecule has 1 N–H and O–H groups in total. The molecule has 1 aliphatic rings. The van der Waals surface area contributed by atoms with Crippen molar-refractivity contribution in [1.82, 2.24) is 20.0 Å². The topological polar surface area (TPSA) is 50.2 Å². The zero-order valence-electron chi connectivity index (χ0n) is 11.5. The fraction of sp³-hybridized carbons (Fsp3) is 0.571. The van der Waals surface area contributed by atoms with E-state index in [1.807, 2.05) is 13.1 Å². The van der Waals surface area contributed by atoms with E-state index in [0.29, 0.717) is 5.69 Å². The van der Waals surface area contributed by atoms with Crippen LogP contribution in [0.5, 0.6) is 0 Å². The quantitative estimate of drug-likeness (QED) is 0.811. The van der Waals surface area contributed by atoms with Crippen LogP contribution >= 0.6 is 0 Å². The molecule has 5 heteroatoms. The third-order valence-corrected chi connectivity index (χ3v) is 3.44. The van der Waals surface area contributed by atoms with Gasteiger partial charge in [-0.3, -0.25) is 9.48 Å². The molecule has 1 amide bonds. The summed E-state index contributed by atoms with van der Waals surface area (Å²) in [7, 11) is 1.81. The van der Waals surface area contributed by atoms with E-state index < -0.39 is 0 Å². The van der Waals surface area contributed by atoms with Crippen molar-refractivity contribution in [3.05, 3.63) is 30.6 Å². The van der Waals surface area contributed by atoms with E-state index >= 15 is 0 Å². The minimum atomic E-state index is -0.0730. The Kier molecular flexibility index (Phi) is 4.74. The molecule has 1 fully saturated rings. The number of rotatable bonds is 5.